The molecule has 0 bridgehead atoms. The van der Waals surface area contributed by atoms with Crippen molar-refractivity contribution in [2.45, 2.75) is 12.3 Å². The predicted molar refractivity (Wildman–Crippen MR) is 25.7 cm³/mol. The largest absolute Gasteiger partial charge is 0.425 e. The van der Waals surface area contributed by atoms with Crippen LogP contribution >= 0.6 is 0 Å². The molecule has 0 rings (SSSR count). The first-order chi connectivity index (χ1) is 4.02. The second-order valence-corrected chi connectivity index (χ2v) is 1.32. The van der Waals surface area contributed by atoms with Crippen molar-refractivity contribution in [2.75, 3.05) is 7.11 Å². The quantitative estimate of drug-likeness (QED) is 0.494. The van der Waals surface area contributed by atoms with Crippen LogP contribution in [0.5, 0.6) is 0 Å². The number of terminal acetylenes is 1. The zero-order valence-corrected chi connectivity index (χ0v) is 4.70. The molecule has 0 aromatic heterocycles. The van der Waals surface area contributed by atoms with Crippen LogP contribution in [-0.2, 0) is 4.74 Å². The van der Waals surface area contributed by atoms with E-state index in [-0.39, 0.29) is 0 Å². The van der Waals surface area contributed by atoms with Gasteiger partial charge in [0.25, 0.3) is 0 Å². The molecule has 0 radical (unpaired) electrons. The lowest BCUT2D eigenvalue weighted by molar-refractivity contribution is -0.193. The molecule has 52 valence electrons. The molecule has 0 saturated heterocycles. The van der Waals surface area contributed by atoms with Crippen LogP contribution < -0.4 is 0 Å². The molecule has 0 saturated carbocycles. The van der Waals surface area contributed by atoms with E-state index < -0.39 is 12.3 Å². The van der Waals surface area contributed by atoms with Gasteiger partial charge in [-0.1, -0.05) is 5.92 Å². The molecule has 0 heterocycles. The van der Waals surface area contributed by atoms with Gasteiger partial charge in [0.1, 0.15) is 0 Å². The van der Waals surface area contributed by atoms with Crippen molar-refractivity contribution in [3.05, 3.63) is 0 Å². The van der Waals surface area contributed by atoms with Crippen LogP contribution in [0.3, 0.4) is 0 Å². The third kappa shape index (κ3) is 2.38. The van der Waals surface area contributed by atoms with Gasteiger partial charge in [0.2, 0.25) is 6.10 Å². The number of alkyl halides is 3. The Morgan fingerprint density at radius 2 is 2.00 bits per heavy atom. The van der Waals surface area contributed by atoms with Gasteiger partial charge in [0.05, 0.1) is 0 Å². The van der Waals surface area contributed by atoms with E-state index in [4.69, 9.17) is 0 Å². The Bertz CT molecular complexity index is 121. The Hall–Kier alpha value is -0.690. The molecule has 0 aromatic carbocycles. The fraction of sp³-hybridized carbons (Fsp3) is 0.600. The molecule has 0 aliphatic rings. The molecule has 9 heavy (non-hydrogen) atoms. The number of hydrogen-bond acceptors (Lipinski definition) is 1. The average molecular weight is 138 g/mol. The average Bonchev–Trinajstić information content (AvgIpc) is 1.65. The van der Waals surface area contributed by atoms with Crippen LogP contribution in [0.25, 0.3) is 0 Å². The van der Waals surface area contributed by atoms with Gasteiger partial charge in [-0.05, 0) is 0 Å². The van der Waals surface area contributed by atoms with Crippen LogP contribution in [0.4, 0.5) is 13.2 Å². The third-order valence-corrected chi connectivity index (χ3v) is 0.684. The molecule has 1 nitrogen and oxygen atoms in total. The zero-order valence-electron chi connectivity index (χ0n) is 4.70. The molecule has 0 aliphatic heterocycles. The summed E-state index contributed by atoms with van der Waals surface area (Å²) in [7, 11) is 0.915. The smallest absolute Gasteiger partial charge is 0.360 e. The lowest BCUT2D eigenvalue weighted by atomic mass is 10.4. The topological polar surface area (TPSA) is 9.23 Å². The van der Waals surface area contributed by atoms with Gasteiger partial charge >= 0.3 is 6.18 Å². The summed E-state index contributed by atoms with van der Waals surface area (Å²) in [6.45, 7) is 0. The Morgan fingerprint density at radius 3 is 2.00 bits per heavy atom. The summed E-state index contributed by atoms with van der Waals surface area (Å²) < 4.78 is 38.3. The minimum atomic E-state index is -4.44. The lowest BCUT2D eigenvalue weighted by Crippen LogP contribution is -2.28. The number of halogens is 3. The molecule has 0 amide bonds. The standard InChI is InChI=1S/C5H5F3O/c1-3-4(9-2)5(6,7)8/h1,4H,2H3/t4-/m0/s1. The highest BCUT2D eigenvalue weighted by Crippen LogP contribution is 2.21. The van der Waals surface area contributed by atoms with Crippen LogP contribution in [-0.4, -0.2) is 19.4 Å². The van der Waals surface area contributed by atoms with Crippen molar-refractivity contribution in [1.29, 1.82) is 0 Å². The summed E-state index contributed by atoms with van der Waals surface area (Å²) in [5.41, 5.74) is 0. The van der Waals surface area contributed by atoms with Gasteiger partial charge < -0.3 is 4.74 Å². The van der Waals surface area contributed by atoms with Crippen molar-refractivity contribution in [3.8, 4) is 12.3 Å². The minimum Gasteiger partial charge on any atom is -0.360 e. The van der Waals surface area contributed by atoms with Gasteiger partial charge in [0, 0.05) is 7.11 Å². The molecule has 0 fully saturated rings. The van der Waals surface area contributed by atoms with Gasteiger partial charge in [-0.3, -0.25) is 0 Å². The number of hydrogen-bond donors (Lipinski definition) is 0. The second-order valence-electron chi connectivity index (χ2n) is 1.32. The van der Waals surface area contributed by atoms with E-state index in [1.54, 1.807) is 0 Å². The Balaban J connectivity index is 4.00. The van der Waals surface area contributed by atoms with Crippen LogP contribution in [0.15, 0.2) is 0 Å². The predicted octanol–water partition coefficient (Wildman–Crippen LogP) is 1.20. The molecule has 0 aromatic rings. The normalized spacial score (nSPS) is 14.6. The van der Waals surface area contributed by atoms with Crippen molar-refractivity contribution >= 4 is 0 Å². The zero-order chi connectivity index (χ0) is 7.49. The van der Waals surface area contributed by atoms with Crippen molar-refractivity contribution in [1.82, 2.24) is 0 Å². The Labute approximate surface area is 50.8 Å². The fourth-order valence-electron chi connectivity index (χ4n) is 0.296. The number of rotatable bonds is 1. The monoisotopic (exact) mass is 138 g/mol. The summed E-state index contributed by atoms with van der Waals surface area (Å²) in [6, 6.07) is 0. The van der Waals surface area contributed by atoms with Crippen molar-refractivity contribution in [3.63, 3.8) is 0 Å². The fourth-order valence-corrected chi connectivity index (χ4v) is 0.296. The molecule has 0 N–H and O–H groups in total. The highest BCUT2D eigenvalue weighted by Gasteiger charge is 2.38. The molecule has 0 aliphatic carbocycles. The Morgan fingerprint density at radius 1 is 1.56 bits per heavy atom. The third-order valence-electron chi connectivity index (χ3n) is 0.684. The summed E-state index contributed by atoms with van der Waals surface area (Å²) in [5.74, 6) is 1.44. The minimum absolute atomic E-state index is 0.915. The molecular weight excluding hydrogens is 133 g/mol. The first-order valence-corrected chi connectivity index (χ1v) is 2.08. The van der Waals surface area contributed by atoms with Gasteiger partial charge in [-0.15, -0.1) is 6.42 Å². The van der Waals surface area contributed by atoms with E-state index in [1.807, 2.05) is 0 Å². The van der Waals surface area contributed by atoms with Gasteiger partial charge in [-0.2, -0.15) is 13.2 Å². The maximum absolute atomic E-state index is 11.5. The second kappa shape index (κ2) is 2.74. The maximum atomic E-state index is 11.5. The summed E-state index contributed by atoms with van der Waals surface area (Å²) in [6.07, 6.45) is -2.04. The van der Waals surface area contributed by atoms with Crippen LogP contribution in [0.1, 0.15) is 0 Å². The first kappa shape index (κ1) is 8.31. The lowest BCUT2D eigenvalue weighted by Gasteiger charge is -2.11. The highest BCUT2D eigenvalue weighted by atomic mass is 19.4. The van der Waals surface area contributed by atoms with E-state index in [0.29, 0.717) is 0 Å². The van der Waals surface area contributed by atoms with Gasteiger partial charge in [0.15, 0.2) is 0 Å². The summed E-state index contributed by atoms with van der Waals surface area (Å²) >= 11 is 0. The van der Waals surface area contributed by atoms with E-state index in [0.717, 1.165) is 7.11 Å². The van der Waals surface area contributed by atoms with E-state index in [1.165, 1.54) is 5.92 Å². The SMILES string of the molecule is C#C[C@H](OC)C(F)(F)F. The van der Waals surface area contributed by atoms with Crippen molar-refractivity contribution in [2.24, 2.45) is 0 Å². The summed E-state index contributed by atoms with van der Waals surface area (Å²) in [5, 5.41) is 0. The number of methoxy groups -OCH3 is 1. The van der Waals surface area contributed by atoms with E-state index in [9.17, 15) is 13.2 Å². The molecule has 4 heteroatoms. The maximum Gasteiger partial charge on any atom is 0.425 e. The van der Waals surface area contributed by atoms with Crippen LogP contribution in [0, 0.1) is 12.3 Å². The first-order valence-electron chi connectivity index (χ1n) is 2.08. The molecule has 0 unspecified atom stereocenters. The Kier molecular flexibility index (Phi) is 2.53. The molecule has 0 spiro atoms. The number of ether oxygens (including phenoxy) is 1. The van der Waals surface area contributed by atoms with E-state index in [2.05, 4.69) is 11.2 Å². The molecular formula is C5H5F3O. The highest BCUT2D eigenvalue weighted by molar-refractivity contribution is 4.98. The van der Waals surface area contributed by atoms with Crippen molar-refractivity contribution < 1.29 is 17.9 Å². The van der Waals surface area contributed by atoms with Gasteiger partial charge in [-0.25, -0.2) is 0 Å². The summed E-state index contributed by atoms with van der Waals surface area (Å²) in [4.78, 5) is 0. The molecule has 1 atom stereocenters. The van der Waals surface area contributed by atoms with Crippen LogP contribution in [0.2, 0.25) is 0 Å². The van der Waals surface area contributed by atoms with E-state index >= 15 is 0 Å².